The molecule has 3 nitrogen and oxygen atoms in total. The van der Waals surface area contributed by atoms with Crippen LogP contribution in [0.4, 0.5) is 8.78 Å². The highest BCUT2D eigenvalue weighted by molar-refractivity contribution is 5.22. The minimum absolute atomic E-state index is 0.237. The molecule has 0 amide bonds. The fourth-order valence-corrected chi connectivity index (χ4v) is 2.46. The van der Waals surface area contributed by atoms with Gasteiger partial charge in [0.25, 0.3) is 0 Å². The number of morpholine rings is 1. The molecule has 1 aliphatic heterocycles. The van der Waals surface area contributed by atoms with Crippen LogP contribution in [0.5, 0.6) is 0 Å². The summed E-state index contributed by atoms with van der Waals surface area (Å²) in [5.41, 5.74) is 6.26. The number of hydrogen-bond donors (Lipinski definition) is 1. The number of nitrogens with two attached hydrogens (primary N) is 1. The highest BCUT2D eigenvalue weighted by Crippen LogP contribution is 2.20. The number of ether oxygens (including phenoxy) is 1. The number of hydrogen-bond acceptors (Lipinski definition) is 3. The van der Waals surface area contributed by atoms with Gasteiger partial charge in [0, 0.05) is 30.7 Å². The van der Waals surface area contributed by atoms with Gasteiger partial charge < -0.3 is 10.5 Å². The molecule has 0 radical (unpaired) electrons. The molecule has 1 saturated heterocycles. The second-order valence-electron chi connectivity index (χ2n) is 4.90. The molecule has 2 N–H and O–H groups in total. The maximum Gasteiger partial charge on any atom is 0.128 e. The molecule has 1 aliphatic rings. The van der Waals surface area contributed by atoms with Gasteiger partial charge in [0.2, 0.25) is 0 Å². The molecule has 0 bridgehead atoms. The van der Waals surface area contributed by atoms with Gasteiger partial charge >= 0.3 is 0 Å². The van der Waals surface area contributed by atoms with Crippen molar-refractivity contribution in [2.24, 2.45) is 5.73 Å². The van der Waals surface area contributed by atoms with E-state index >= 15 is 0 Å². The Balaban J connectivity index is 2.07. The van der Waals surface area contributed by atoms with E-state index in [4.69, 9.17) is 10.5 Å². The molecule has 1 aromatic rings. The SMILES string of the molecule is CCC1COCCN1CC(N)c1cc(F)ccc1F. The molecule has 2 rings (SSSR count). The Morgan fingerprint density at radius 1 is 1.47 bits per heavy atom. The van der Waals surface area contributed by atoms with Crippen molar-refractivity contribution in [2.75, 3.05) is 26.3 Å². The zero-order valence-corrected chi connectivity index (χ0v) is 11.1. The van der Waals surface area contributed by atoms with Gasteiger partial charge in [-0.25, -0.2) is 8.78 Å². The molecule has 5 heteroatoms. The molecule has 1 heterocycles. The largest absolute Gasteiger partial charge is 0.378 e. The van der Waals surface area contributed by atoms with Crippen molar-refractivity contribution in [3.8, 4) is 0 Å². The van der Waals surface area contributed by atoms with Crippen LogP contribution in [0.2, 0.25) is 0 Å². The lowest BCUT2D eigenvalue weighted by molar-refractivity contribution is -0.0112. The van der Waals surface area contributed by atoms with Crippen LogP contribution >= 0.6 is 0 Å². The Hall–Kier alpha value is -1.04. The third-order valence-electron chi connectivity index (χ3n) is 3.61. The van der Waals surface area contributed by atoms with E-state index in [1.165, 1.54) is 6.07 Å². The second-order valence-corrected chi connectivity index (χ2v) is 4.90. The normalized spacial score (nSPS) is 22.4. The summed E-state index contributed by atoms with van der Waals surface area (Å²) in [5, 5.41) is 0. The molecule has 2 atom stereocenters. The van der Waals surface area contributed by atoms with Crippen LogP contribution in [0.25, 0.3) is 0 Å². The molecule has 1 aromatic carbocycles. The standard InChI is InChI=1S/C14H20F2N2O/c1-2-11-9-19-6-5-18(11)8-14(17)12-7-10(15)3-4-13(12)16/h3-4,7,11,14H,2,5-6,8-9,17H2,1H3. The summed E-state index contributed by atoms with van der Waals surface area (Å²) in [7, 11) is 0. The van der Waals surface area contributed by atoms with Crippen LogP contribution in [-0.4, -0.2) is 37.2 Å². The number of nitrogens with zero attached hydrogens (tertiary/aromatic N) is 1. The molecule has 106 valence electrons. The van der Waals surface area contributed by atoms with E-state index in [-0.39, 0.29) is 5.56 Å². The van der Waals surface area contributed by atoms with E-state index < -0.39 is 17.7 Å². The summed E-state index contributed by atoms with van der Waals surface area (Å²) < 4.78 is 32.3. The highest BCUT2D eigenvalue weighted by atomic mass is 19.1. The molecule has 1 fully saturated rings. The van der Waals surface area contributed by atoms with Crippen molar-refractivity contribution in [3.63, 3.8) is 0 Å². The van der Waals surface area contributed by atoms with Crippen LogP contribution in [0.1, 0.15) is 24.9 Å². The minimum atomic E-state index is -0.525. The smallest absolute Gasteiger partial charge is 0.128 e. The number of rotatable bonds is 4. The van der Waals surface area contributed by atoms with E-state index in [1.54, 1.807) is 0 Å². The monoisotopic (exact) mass is 270 g/mol. The molecule has 0 aliphatic carbocycles. The van der Waals surface area contributed by atoms with Crippen molar-refractivity contribution < 1.29 is 13.5 Å². The molecule has 0 saturated carbocycles. The summed E-state index contributed by atoms with van der Waals surface area (Å²) in [4.78, 5) is 2.19. The molecule has 19 heavy (non-hydrogen) atoms. The van der Waals surface area contributed by atoms with Crippen molar-refractivity contribution in [3.05, 3.63) is 35.4 Å². The van der Waals surface area contributed by atoms with E-state index in [0.29, 0.717) is 25.8 Å². The first-order chi connectivity index (χ1) is 9.11. The number of halogens is 2. The third-order valence-corrected chi connectivity index (χ3v) is 3.61. The van der Waals surface area contributed by atoms with Gasteiger partial charge in [-0.05, 0) is 24.6 Å². The van der Waals surface area contributed by atoms with E-state index in [2.05, 4.69) is 11.8 Å². The average molecular weight is 270 g/mol. The minimum Gasteiger partial charge on any atom is -0.378 e. The average Bonchev–Trinajstić information content (AvgIpc) is 2.42. The summed E-state index contributed by atoms with van der Waals surface area (Å²) >= 11 is 0. The van der Waals surface area contributed by atoms with Crippen LogP contribution < -0.4 is 5.73 Å². The Kier molecular flexibility index (Phi) is 4.85. The first-order valence-corrected chi connectivity index (χ1v) is 6.64. The summed E-state index contributed by atoms with van der Waals surface area (Å²) in [5.74, 6) is -0.906. The fraction of sp³-hybridized carbons (Fsp3) is 0.571. The van der Waals surface area contributed by atoms with E-state index in [9.17, 15) is 8.78 Å². The van der Waals surface area contributed by atoms with Crippen LogP contribution in [0, 0.1) is 11.6 Å². The molecule has 2 unspecified atom stereocenters. The summed E-state index contributed by atoms with van der Waals surface area (Å²) in [6.45, 7) is 4.72. The van der Waals surface area contributed by atoms with Gasteiger partial charge in [0.05, 0.1) is 13.2 Å². The zero-order valence-electron chi connectivity index (χ0n) is 11.1. The van der Waals surface area contributed by atoms with E-state index in [0.717, 1.165) is 25.1 Å². The Morgan fingerprint density at radius 2 is 2.26 bits per heavy atom. The van der Waals surface area contributed by atoms with Crippen LogP contribution in [-0.2, 0) is 4.74 Å². The van der Waals surface area contributed by atoms with Crippen LogP contribution in [0.3, 0.4) is 0 Å². The zero-order chi connectivity index (χ0) is 13.8. The number of benzene rings is 1. The Labute approximate surface area is 112 Å². The van der Waals surface area contributed by atoms with Crippen LogP contribution in [0.15, 0.2) is 18.2 Å². The lowest BCUT2D eigenvalue weighted by atomic mass is 10.0. The van der Waals surface area contributed by atoms with E-state index in [1.807, 2.05) is 0 Å². The molecule has 0 aromatic heterocycles. The summed E-state index contributed by atoms with van der Waals surface area (Å²) in [6.07, 6.45) is 0.957. The van der Waals surface area contributed by atoms with Gasteiger partial charge in [-0.2, -0.15) is 0 Å². The maximum atomic E-state index is 13.7. The van der Waals surface area contributed by atoms with Crippen molar-refractivity contribution in [2.45, 2.75) is 25.4 Å². The maximum absolute atomic E-state index is 13.7. The predicted octanol–water partition coefficient (Wildman–Crippen LogP) is 2.08. The van der Waals surface area contributed by atoms with Gasteiger partial charge in [-0.1, -0.05) is 6.92 Å². The Bertz CT molecular complexity index is 428. The molecular formula is C14H20F2N2O. The molecular weight excluding hydrogens is 250 g/mol. The lowest BCUT2D eigenvalue weighted by Gasteiger charge is -2.36. The van der Waals surface area contributed by atoms with Crippen molar-refractivity contribution >= 4 is 0 Å². The summed E-state index contributed by atoms with van der Waals surface area (Å²) in [6, 6.07) is 3.19. The van der Waals surface area contributed by atoms with Gasteiger partial charge in [-0.15, -0.1) is 0 Å². The lowest BCUT2D eigenvalue weighted by Crippen LogP contribution is -2.47. The Morgan fingerprint density at radius 3 is 3.00 bits per heavy atom. The third kappa shape index (κ3) is 3.49. The molecule has 0 spiro atoms. The second kappa shape index (κ2) is 6.41. The topological polar surface area (TPSA) is 38.5 Å². The van der Waals surface area contributed by atoms with Gasteiger partial charge in [0.15, 0.2) is 0 Å². The quantitative estimate of drug-likeness (QED) is 0.910. The first kappa shape index (κ1) is 14.4. The van der Waals surface area contributed by atoms with Crippen molar-refractivity contribution in [1.29, 1.82) is 0 Å². The first-order valence-electron chi connectivity index (χ1n) is 6.64. The van der Waals surface area contributed by atoms with Gasteiger partial charge in [-0.3, -0.25) is 4.90 Å². The fourth-order valence-electron chi connectivity index (χ4n) is 2.46. The highest BCUT2D eigenvalue weighted by Gasteiger charge is 2.24. The van der Waals surface area contributed by atoms with Crippen molar-refractivity contribution in [1.82, 2.24) is 4.90 Å². The van der Waals surface area contributed by atoms with Gasteiger partial charge in [0.1, 0.15) is 11.6 Å². The predicted molar refractivity (Wildman–Crippen MR) is 69.8 cm³/mol.